The maximum Gasteiger partial charge on any atom is 0.310 e. The number of carbonyl (C=O) groups is 2. The van der Waals surface area contributed by atoms with Gasteiger partial charge in [0.15, 0.2) is 0 Å². The molecule has 0 aliphatic rings. The van der Waals surface area contributed by atoms with Crippen LogP contribution in [0.25, 0.3) is 0 Å². The van der Waals surface area contributed by atoms with Crippen LogP contribution in [0, 0.1) is 11.3 Å². The van der Waals surface area contributed by atoms with Gasteiger partial charge in [0.1, 0.15) is 0 Å². The van der Waals surface area contributed by atoms with Gasteiger partial charge in [0.05, 0.1) is 11.5 Å². The number of benzene rings is 1. The minimum Gasteiger partial charge on any atom is -0.481 e. The van der Waals surface area contributed by atoms with E-state index in [1.807, 2.05) is 45.0 Å². The lowest BCUT2D eigenvalue weighted by molar-refractivity contribution is -0.153. The van der Waals surface area contributed by atoms with Crippen molar-refractivity contribution in [3.05, 3.63) is 34.3 Å². The summed E-state index contributed by atoms with van der Waals surface area (Å²) in [5, 5.41) is 12.2. The highest BCUT2D eigenvalue weighted by molar-refractivity contribution is 9.10. The molecule has 1 amide bonds. The molecule has 0 bridgehead atoms. The highest BCUT2D eigenvalue weighted by atomic mass is 79.9. The molecule has 5 heteroatoms. The van der Waals surface area contributed by atoms with E-state index in [2.05, 4.69) is 21.2 Å². The Bertz CT molecular complexity index is 530. The summed E-state index contributed by atoms with van der Waals surface area (Å²) in [6.07, 6.45) is -0.0294. The lowest BCUT2D eigenvalue weighted by Crippen LogP contribution is -2.39. The number of hydrogen-bond donors (Lipinski definition) is 2. The zero-order valence-corrected chi connectivity index (χ0v) is 14.4. The summed E-state index contributed by atoms with van der Waals surface area (Å²) in [4.78, 5) is 23.6. The molecule has 0 aromatic heterocycles. The topological polar surface area (TPSA) is 66.4 Å². The van der Waals surface area contributed by atoms with Crippen molar-refractivity contribution < 1.29 is 14.7 Å². The molecule has 0 saturated carbocycles. The SMILES string of the molecule is CC(C)C(C)(CC(=O)N[C@@H](C)c1cccc(Br)c1)C(=O)O. The van der Waals surface area contributed by atoms with Gasteiger partial charge in [-0.1, -0.05) is 41.9 Å². The van der Waals surface area contributed by atoms with E-state index >= 15 is 0 Å². The lowest BCUT2D eigenvalue weighted by Gasteiger charge is -2.29. The number of rotatable bonds is 6. The van der Waals surface area contributed by atoms with Gasteiger partial charge in [-0.25, -0.2) is 0 Å². The number of amides is 1. The number of carbonyl (C=O) groups excluding carboxylic acids is 1. The smallest absolute Gasteiger partial charge is 0.310 e. The van der Waals surface area contributed by atoms with Gasteiger partial charge in [-0.3, -0.25) is 9.59 Å². The van der Waals surface area contributed by atoms with Crippen molar-refractivity contribution in [1.82, 2.24) is 5.32 Å². The van der Waals surface area contributed by atoms with Crippen LogP contribution in [0.2, 0.25) is 0 Å². The summed E-state index contributed by atoms with van der Waals surface area (Å²) in [5.74, 6) is -1.31. The number of carboxylic acid groups (broad SMARTS) is 1. The molecule has 0 radical (unpaired) electrons. The minimum absolute atomic E-state index is 0.0294. The quantitative estimate of drug-likeness (QED) is 0.816. The summed E-state index contributed by atoms with van der Waals surface area (Å²) in [6.45, 7) is 7.13. The third-order valence-electron chi connectivity index (χ3n) is 4.02. The molecule has 1 aromatic carbocycles. The average molecular weight is 356 g/mol. The minimum atomic E-state index is -1.05. The molecule has 0 heterocycles. The fourth-order valence-electron chi connectivity index (χ4n) is 2.01. The third kappa shape index (κ3) is 4.56. The first-order chi connectivity index (χ1) is 9.66. The van der Waals surface area contributed by atoms with Gasteiger partial charge in [0.2, 0.25) is 5.91 Å². The molecule has 0 spiro atoms. The normalized spacial score (nSPS) is 15.3. The monoisotopic (exact) mass is 355 g/mol. The molecule has 0 fully saturated rings. The second kappa shape index (κ2) is 7.07. The zero-order valence-electron chi connectivity index (χ0n) is 12.8. The lowest BCUT2D eigenvalue weighted by atomic mass is 9.76. The van der Waals surface area contributed by atoms with Gasteiger partial charge in [-0.15, -0.1) is 0 Å². The molecule has 1 rings (SSSR count). The molecule has 1 unspecified atom stereocenters. The van der Waals surface area contributed by atoms with Gasteiger partial charge in [0, 0.05) is 10.9 Å². The fourth-order valence-corrected chi connectivity index (χ4v) is 2.43. The van der Waals surface area contributed by atoms with Crippen LogP contribution in [0.5, 0.6) is 0 Å². The second-order valence-electron chi connectivity index (χ2n) is 5.90. The van der Waals surface area contributed by atoms with E-state index in [-0.39, 0.29) is 24.3 Å². The Kier molecular flexibility index (Phi) is 5.96. The van der Waals surface area contributed by atoms with Crippen LogP contribution in [0.4, 0.5) is 0 Å². The van der Waals surface area contributed by atoms with Crippen molar-refractivity contribution in [3.63, 3.8) is 0 Å². The van der Waals surface area contributed by atoms with Gasteiger partial charge in [-0.2, -0.15) is 0 Å². The molecule has 116 valence electrons. The molecule has 4 nitrogen and oxygen atoms in total. The maximum atomic E-state index is 12.2. The number of nitrogens with one attached hydrogen (secondary N) is 1. The van der Waals surface area contributed by atoms with Gasteiger partial charge < -0.3 is 10.4 Å². The van der Waals surface area contributed by atoms with Crippen LogP contribution >= 0.6 is 15.9 Å². The third-order valence-corrected chi connectivity index (χ3v) is 4.51. The van der Waals surface area contributed by atoms with Crippen molar-refractivity contribution in [2.24, 2.45) is 11.3 Å². The van der Waals surface area contributed by atoms with Crippen molar-refractivity contribution >= 4 is 27.8 Å². The van der Waals surface area contributed by atoms with Gasteiger partial charge >= 0.3 is 5.97 Å². The first-order valence-corrected chi connectivity index (χ1v) is 7.74. The van der Waals surface area contributed by atoms with Crippen LogP contribution in [-0.2, 0) is 9.59 Å². The predicted octanol–water partition coefficient (Wildman–Crippen LogP) is 3.76. The molecular weight excluding hydrogens is 334 g/mol. The fraction of sp³-hybridized carbons (Fsp3) is 0.500. The van der Waals surface area contributed by atoms with Crippen molar-refractivity contribution in [1.29, 1.82) is 0 Å². The Morgan fingerprint density at radius 3 is 2.43 bits per heavy atom. The van der Waals surface area contributed by atoms with Crippen LogP contribution < -0.4 is 5.32 Å². The first kappa shape index (κ1) is 17.7. The zero-order chi connectivity index (χ0) is 16.2. The Balaban J connectivity index is 2.75. The van der Waals surface area contributed by atoms with E-state index in [0.717, 1.165) is 10.0 Å². The number of hydrogen-bond acceptors (Lipinski definition) is 2. The first-order valence-electron chi connectivity index (χ1n) is 6.95. The summed E-state index contributed by atoms with van der Waals surface area (Å²) < 4.78 is 0.943. The molecular formula is C16H22BrNO3. The predicted molar refractivity (Wildman–Crippen MR) is 85.9 cm³/mol. The molecule has 0 aliphatic heterocycles. The van der Waals surface area contributed by atoms with E-state index in [4.69, 9.17) is 0 Å². The summed E-state index contributed by atoms with van der Waals surface area (Å²) in [7, 11) is 0. The standard InChI is InChI=1S/C16H22BrNO3/c1-10(2)16(4,15(20)21)9-14(19)18-11(3)12-6-5-7-13(17)8-12/h5-8,10-11H,9H2,1-4H3,(H,18,19)(H,20,21)/t11-,16?/m0/s1. The van der Waals surface area contributed by atoms with Crippen LogP contribution in [0.1, 0.15) is 45.7 Å². The highest BCUT2D eigenvalue weighted by Gasteiger charge is 2.38. The Morgan fingerprint density at radius 2 is 1.95 bits per heavy atom. The second-order valence-corrected chi connectivity index (χ2v) is 6.81. The molecule has 21 heavy (non-hydrogen) atoms. The van der Waals surface area contributed by atoms with Gasteiger partial charge in [0.25, 0.3) is 0 Å². The van der Waals surface area contributed by atoms with E-state index < -0.39 is 11.4 Å². The maximum absolute atomic E-state index is 12.2. The van der Waals surface area contributed by atoms with E-state index in [1.54, 1.807) is 6.92 Å². The molecule has 0 saturated heterocycles. The number of halogens is 1. The average Bonchev–Trinajstić information content (AvgIpc) is 2.37. The molecule has 0 aliphatic carbocycles. The van der Waals surface area contributed by atoms with Crippen LogP contribution in [0.15, 0.2) is 28.7 Å². The van der Waals surface area contributed by atoms with Crippen molar-refractivity contribution in [3.8, 4) is 0 Å². The van der Waals surface area contributed by atoms with Crippen LogP contribution in [-0.4, -0.2) is 17.0 Å². The molecule has 2 atom stereocenters. The largest absolute Gasteiger partial charge is 0.481 e. The van der Waals surface area contributed by atoms with Gasteiger partial charge in [-0.05, 0) is 37.5 Å². The summed E-state index contributed by atoms with van der Waals surface area (Å²) >= 11 is 3.39. The number of carboxylic acids is 1. The summed E-state index contributed by atoms with van der Waals surface area (Å²) in [5.41, 5.74) is -0.0829. The number of aliphatic carboxylic acids is 1. The van der Waals surface area contributed by atoms with E-state index in [0.29, 0.717) is 0 Å². The summed E-state index contributed by atoms with van der Waals surface area (Å²) in [6, 6.07) is 7.51. The highest BCUT2D eigenvalue weighted by Crippen LogP contribution is 2.31. The van der Waals surface area contributed by atoms with Crippen molar-refractivity contribution in [2.45, 2.75) is 40.2 Å². The van der Waals surface area contributed by atoms with Crippen molar-refractivity contribution in [2.75, 3.05) is 0 Å². The van der Waals surface area contributed by atoms with Crippen LogP contribution in [0.3, 0.4) is 0 Å². The van der Waals surface area contributed by atoms with E-state index in [1.165, 1.54) is 0 Å². The Morgan fingerprint density at radius 1 is 1.33 bits per heavy atom. The molecule has 2 N–H and O–H groups in total. The molecule has 1 aromatic rings. The Labute approximate surface area is 134 Å². The Hall–Kier alpha value is -1.36. The van der Waals surface area contributed by atoms with E-state index in [9.17, 15) is 14.7 Å².